The average molecular weight is 291 g/mol. The van der Waals surface area contributed by atoms with Crippen molar-refractivity contribution in [1.29, 1.82) is 0 Å². The number of nitrogens with one attached hydrogen (secondary N) is 1. The number of carbonyl (C=O) groups excluding carboxylic acids is 1. The van der Waals surface area contributed by atoms with Crippen molar-refractivity contribution < 1.29 is 22.9 Å². The standard InChI is InChI=1S/C11H12F3N3O3/c1-16(2)10(18)7-3-4-9(17(19)20)8(5-7)15-6-11(12,13)14/h3-5,15H,6H2,1-2H3. The fraction of sp³-hybridized carbons (Fsp3) is 0.364. The number of halogens is 3. The number of carbonyl (C=O) groups is 1. The highest BCUT2D eigenvalue weighted by molar-refractivity contribution is 5.95. The Kier molecular flexibility index (Phi) is 4.53. The zero-order valence-corrected chi connectivity index (χ0v) is 10.7. The van der Waals surface area contributed by atoms with E-state index in [1.807, 2.05) is 5.32 Å². The fourth-order valence-corrected chi connectivity index (χ4v) is 1.42. The van der Waals surface area contributed by atoms with Crippen molar-refractivity contribution in [2.45, 2.75) is 6.18 Å². The first-order valence-electron chi connectivity index (χ1n) is 5.42. The second-order valence-electron chi connectivity index (χ2n) is 4.16. The second kappa shape index (κ2) is 5.76. The number of nitro benzene ring substituents is 1. The van der Waals surface area contributed by atoms with Gasteiger partial charge in [0.25, 0.3) is 11.6 Å². The van der Waals surface area contributed by atoms with Crippen molar-refractivity contribution >= 4 is 17.3 Å². The van der Waals surface area contributed by atoms with Crippen molar-refractivity contribution in [2.75, 3.05) is 26.0 Å². The van der Waals surface area contributed by atoms with Gasteiger partial charge in [-0.3, -0.25) is 14.9 Å². The lowest BCUT2D eigenvalue weighted by Crippen LogP contribution is -2.23. The molecule has 0 aliphatic rings. The number of nitrogens with zero attached hydrogens (tertiary/aromatic N) is 2. The van der Waals surface area contributed by atoms with Gasteiger partial charge in [0.1, 0.15) is 12.2 Å². The smallest absolute Gasteiger partial charge is 0.371 e. The van der Waals surface area contributed by atoms with Gasteiger partial charge < -0.3 is 10.2 Å². The summed E-state index contributed by atoms with van der Waals surface area (Å²) in [7, 11) is 2.93. The first-order chi connectivity index (χ1) is 9.11. The molecule has 1 N–H and O–H groups in total. The lowest BCUT2D eigenvalue weighted by atomic mass is 10.1. The zero-order chi connectivity index (χ0) is 15.5. The van der Waals surface area contributed by atoms with Gasteiger partial charge in [-0.25, -0.2) is 0 Å². The molecule has 0 spiro atoms. The highest BCUT2D eigenvalue weighted by Crippen LogP contribution is 2.27. The lowest BCUT2D eigenvalue weighted by Gasteiger charge is -2.13. The Morgan fingerprint density at radius 2 is 2.00 bits per heavy atom. The number of rotatable bonds is 4. The van der Waals surface area contributed by atoms with Gasteiger partial charge >= 0.3 is 6.18 Å². The second-order valence-corrected chi connectivity index (χ2v) is 4.16. The summed E-state index contributed by atoms with van der Waals surface area (Å²) >= 11 is 0. The van der Waals surface area contributed by atoms with Crippen LogP contribution in [-0.4, -0.2) is 42.5 Å². The molecule has 0 atom stereocenters. The number of benzene rings is 1. The van der Waals surface area contributed by atoms with Crippen LogP contribution in [0, 0.1) is 10.1 Å². The molecular weight excluding hydrogens is 279 g/mol. The van der Waals surface area contributed by atoms with Crippen molar-refractivity contribution in [1.82, 2.24) is 4.90 Å². The van der Waals surface area contributed by atoms with E-state index in [1.54, 1.807) is 0 Å². The van der Waals surface area contributed by atoms with E-state index in [0.717, 1.165) is 12.1 Å². The van der Waals surface area contributed by atoms with Crippen LogP contribution in [0.5, 0.6) is 0 Å². The predicted molar refractivity (Wildman–Crippen MR) is 65.7 cm³/mol. The average Bonchev–Trinajstić information content (AvgIpc) is 2.33. The summed E-state index contributed by atoms with van der Waals surface area (Å²) in [5, 5.41) is 12.7. The molecule has 0 saturated heterocycles. The number of nitro groups is 1. The Bertz CT molecular complexity index is 529. The summed E-state index contributed by atoms with van der Waals surface area (Å²) in [5.41, 5.74) is -0.810. The van der Waals surface area contributed by atoms with E-state index >= 15 is 0 Å². The van der Waals surface area contributed by atoms with E-state index in [1.165, 1.54) is 25.1 Å². The monoisotopic (exact) mass is 291 g/mol. The van der Waals surface area contributed by atoms with Crippen LogP contribution in [0.2, 0.25) is 0 Å². The van der Waals surface area contributed by atoms with Crippen molar-refractivity contribution in [3.05, 3.63) is 33.9 Å². The van der Waals surface area contributed by atoms with Gasteiger partial charge in [0.2, 0.25) is 0 Å². The molecule has 0 saturated carbocycles. The van der Waals surface area contributed by atoms with Gasteiger partial charge in [-0.05, 0) is 12.1 Å². The molecule has 0 aliphatic carbocycles. The molecule has 1 aromatic carbocycles. The molecule has 1 rings (SSSR count). The third-order valence-corrected chi connectivity index (χ3v) is 2.33. The molecule has 0 radical (unpaired) electrons. The Hall–Kier alpha value is -2.32. The summed E-state index contributed by atoms with van der Waals surface area (Å²) in [6.45, 7) is -1.42. The molecule has 0 fully saturated rings. The minimum absolute atomic E-state index is 0.0604. The maximum absolute atomic E-state index is 12.2. The highest BCUT2D eigenvalue weighted by Gasteiger charge is 2.28. The molecule has 0 bridgehead atoms. The van der Waals surface area contributed by atoms with Gasteiger partial charge in [0.15, 0.2) is 0 Å². The lowest BCUT2D eigenvalue weighted by molar-refractivity contribution is -0.384. The molecule has 0 aromatic heterocycles. The third kappa shape index (κ3) is 4.11. The molecule has 1 amide bonds. The number of hydrogen-bond donors (Lipinski definition) is 1. The Labute approximate surface area is 112 Å². The van der Waals surface area contributed by atoms with Gasteiger partial charge in [-0.2, -0.15) is 13.2 Å². The SMILES string of the molecule is CN(C)C(=O)c1ccc([N+](=O)[O-])c(NCC(F)(F)F)c1. The summed E-state index contributed by atoms with van der Waals surface area (Å²) in [6, 6.07) is 3.22. The molecule has 1 aromatic rings. The number of amides is 1. The first kappa shape index (κ1) is 15.7. The highest BCUT2D eigenvalue weighted by atomic mass is 19.4. The zero-order valence-electron chi connectivity index (χ0n) is 10.7. The minimum Gasteiger partial charge on any atom is -0.371 e. The van der Waals surface area contributed by atoms with Crippen LogP contribution in [-0.2, 0) is 0 Å². The van der Waals surface area contributed by atoms with E-state index in [9.17, 15) is 28.1 Å². The predicted octanol–water partition coefficient (Wildman–Crippen LogP) is 2.27. The van der Waals surface area contributed by atoms with Crippen molar-refractivity contribution in [3.8, 4) is 0 Å². The van der Waals surface area contributed by atoms with Crippen LogP contribution in [0.15, 0.2) is 18.2 Å². The molecule has 20 heavy (non-hydrogen) atoms. The van der Waals surface area contributed by atoms with Gasteiger partial charge in [0.05, 0.1) is 4.92 Å². The van der Waals surface area contributed by atoms with Gasteiger partial charge in [-0.15, -0.1) is 0 Å². The molecule has 0 unspecified atom stereocenters. The molecule has 0 aliphatic heterocycles. The Balaban J connectivity index is 3.12. The number of alkyl halides is 3. The van der Waals surface area contributed by atoms with Crippen LogP contribution in [0.4, 0.5) is 24.5 Å². The molecule has 0 heterocycles. The number of hydrogen-bond acceptors (Lipinski definition) is 4. The maximum Gasteiger partial charge on any atom is 0.405 e. The van der Waals surface area contributed by atoms with Crippen LogP contribution >= 0.6 is 0 Å². The van der Waals surface area contributed by atoms with Crippen LogP contribution in [0.3, 0.4) is 0 Å². The van der Waals surface area contributed by atoms with Crippen LogP contribution in [0.1, 0.15) is 10.4 Å². The van der Waals surface area contributed by atoms with Crippen LogP contribution < -0.4 is 5.32 Å². The minimum atomic E-state index is -4.52. The summed E-state index contributed by atoms with van der Waals surface area (Å²) < 4.78 is 36.5. The Morgan fingerprint density at radius 1 is 1.40 bits per heavy atom. The van der Waals surface area contributed by atoms with Crippen molar-refractivity contribution in [2.24, 2.45) is 0 Å². The molecule has 9 heteroatoms. The summed E-state index contributed by atoms with van der Waals surface area (Å²) in [6.07, 6.45) is -4.52. The van der Waals surface area contributed by atoms with E-state index in [4.69, 9.17) is 0 Å². The maximum atomic E-state index is 12.2. The van der Waals surface area contributed by atoms with Gasteiger partial charge in [-0.1, -0.05) is 0 Å². The molecular formula is C11H12F3N3O3. The normalized spacial score (nSPS) is 11.1. The van der Waals surface area contributed by atoms with Crippen molar-refractivity contribution in [3.63, 3.8) is 0 Å². The Morgan fingerprint density at radius 3 is 2.45 bits per heavy atom. The third-order valence-electron chi connectivity index (χ3n) is 2.33. The molecule has 110 valence electrons. The number of anilines is 1. The summed E-state index contributed by atoms with van der Waals surface area (Å²) in [4.78, 5) is 22.8. The molecule has 6 nitrogen and oxygen atoms in total. The van der Waals surface area contributed by atoms with E-state index in [0.29, 0.717) is 0 Å². The van der Waals surface area contributed by atoms with E-state index in [2.05, 4.69) is 0 Å². The van der Waals surface area contributed by atoms with E-state index in [-0.39, 0.29) is 11.3 Å². The van der Waals surface area contributed by atoms with E-state index < -0.39 is 29.2 Å². The first-order valence-corrected chi connectivity index (χ1v) is 5.42. The quantitative estimate of drug-likeness (QED) is 0.682. The van der Waals surface area contributed by atoms with Gasteiger partial charge in [0, 0.05) is 25.7 Å². The fourth-order valence-electron chi connectivity index (χ4n) is 1.42. The summed E-state index contributed by atoms with van der Waals surface area (Å²) in [5.74, 6) is -0.463. The topological polar surface area (TPSA) is 75.5 Å². The van der Waals surface area contributed by atoms with Crippen LogP contribution in [0.25, 0.3) is 0 Å². The largest absolute Gasteiger partial charge is 0.405 e.